The normalized spacial score (nSPS) is 19.1. The number of anilines is 1. The van der Waals surface area contributed by atoms with Gasteiger partial charge in [-0.2, -0.15) is 0 Å². The van der Waals surface area contributed by atoms with Crippen molar-refractivity contribution in [3.8, 4) is 0 Å². The van der Waals surface area contributed by atoms with Gasteiger partial charge in [-0.25, -0.2) is 8.78 Å². The van der Waals surface area contributed by atoms with Gasteiger partial charge in [0.15, 0.2) is 11.6 Å². The number of rotatable bonds is 1. The predicted molar refractivity (Wildman–Crippen MR) is 58.9 cm³/mol. The summed E-state index contributed by atoms with van der Waals surface area (Å²) in [5.74, 6) is -1.78. The maximum Gasteiger partial charge on any atom is 0.160 e. The summed E-state index contributed by atoms with van der Waals surface area (Å²) in [6.07, 6.45) is 2.38. The summed E-state index contributed by atoms with van der Waals surface area (Å²) in [7, 11) is 0. The molecule has 4 N–H and O–H groups in total. The Hall–Kier alpha value is -1.20. The zero-order chi connectivity index (χ0) is 12.0. The Kier molecular flexibility index (Phi) is 5.14. The largest absolute Gasteiger partial charge is 0.399 e. The fourth-order valence-electron chi connectivity index (χ4n) is 1.42. The average molecular weight is 230 g/mol. The Morgan fingerprint density at radius 3 is 2.50 bits per heavy atom. The van der Waals surface area contributed by atoms with Crippen LogP contribution in [-0.4, -0.2) is 24.3 Å². The van der Waals surface area contributed by atoms with Gasteiger partial charge < -0.3 is 16.2 Å². The Bertz CT molecular complexity index is 328. The molecule has 1 atom stereocenters. The molecule has 0 aliphatic carbocycles. The van der Waals surface area contributed by atoms with Crippen molar-refractivity contribution in [2.45, 2.75) is 18.9 Å². The molecular formula is C11H16F2N2O. The fourth-order valence-corrected chi connectivity index (χ4v) is 1.42. The minimum Gasteiger partial charge on any atom is -0.399 e. The van der Waals surface area contributed by atoms with Crippen molar-refractivity contribution in [1.82, 2.24) is 5.32 Å². The van der Waals surface area contributed by atoms with Crippen molar-refractivity contribution >= 4 is 5.69 Å². The van der Waals surface area contributed by atoms with Crippen LogP contribution >= 0.6 is 0 Å². The second kappa shape index (κ2) is 6.40. The van der Waals surface area contributed by atoms with E-state index in [-0.39, 0.29) is 5.69 Å². The van der Waals surface area contributed by atoms with Gasteiger partial charge in [-0.1, -0.05) is 0 Å². The molecule has 0 spiro atoms. The van der Waals surface area contributed by atoms with E-state index in [0.29, 0.717) is 12.6 Å². The van der Waals surface area contributed by atoms with Crippen LogP contribution in [0.25, 0.3) is 0 Å². The number of nitrogens with one attached hydrogen (secondary N) is 1. The van der Waals surface area contributed by atoms with Crippen LogP contribution in [0.3, 0.4) is 0 Å². The molecule has 1 aromatic carbocycles. The molecule has 0 amide bonds. The molecule has 0 unspecified atom stereocenters. The minimum atomic E-state index is -0.907. The first-order valence-electron chi connectivity index (χ1n) is 5.18. The monoisotopic (exact) mass is 230 g/mol. The van der Waals surface area contributed by atoms with Gasteiger partial charge in [-0.3, -0.25) is 0 Å². The highest BCUT2D eigenvalue weighted by molar-refractivity contribution is 5.37. The average Bonchev–Trinajstić information content (AvgIpc) is 2.77. The lowest BCUT2D eigenvalue weighted by molar-refractivity contribution is 0.255. The van der Waals surface area contributed by atoms with Crippen molar-refractivity contribution in [2.24, 2.45) is 0 Å². The third kappa shape index (κ3) is 4.12. The fraction of sp³-hybridized carbons (Fsp3) is 0.455. The zero-order valence-electron chi connectivity index (χ0n) is 8.92. The molecule has 3 nitrogen and oxygen atoms in total. The van der Waals surface area contributed by atoms with Gasteiger partial charge in [-0.15, -0.1) is 0 Å². The summed E-state index contributed by atoms with van der Waals surface area (Å²) in [5.41, 5.74) is 5.35. The van der Waals surface area contributed by atoms with Crippen LogP contribution in [-0.2, 0) is 0 Å². The molecule has 1 saturated heterocycles. The summed E-state index contributed by atoms with van der Waals surface area (Å²) in [5, 5.41) is 11.7. The maximum atomic E-state index is 12.1. The van der Waals surface area contributed by atoms with E-state index in [1.165, 1.54) is 12.5 Å². The van der Waals surface area contributed by atoms with Gasteiger partial charge in [-0.05, 0) is 37.6 Å². The molecule has 90 valence electrons. The summed E-state index contributed by atoms with van der Waals surface area (Å²) in [6, 6.07) is 3.64. The number of aliphatic hydroxyl groups is 1. The summed E-state index contributed by atoms with van der Waals surface area (Å²) < 4.78 is 24.2. The Morgan fingerprint density at radius 2 is 2.12 bits per heavy atom. The molecule has 1 aliphatic rings. The van der Waals surface area contributed by atoms with Gasteiger partial charge in [0.25, 0.3) is 0 Å². The molecule has 16 heavy (non-hydrogen) atoms. The lowest BCUT2D eigenvalue weighted by Gasteiger charge is -2.01. The highest BCUT2D eigenvalue weighted by Crippen LogP contribution is 2.08. The van der Waals surface area contributed by atoms with Crippen LogP contribution in [0.5, 0.6) is 0 Å². The molecule has 0 bridgehead atoms. The van der Waals surface area contributed by atoms with E-state index < -0.39 is 11.6 Å². The number of hydrogen-bond donors (Lipinski definition) is 3. The van der Waals surface area contributed by atoms with E-state index in [0.717, 1.165) is 25.1 Å². The van der Waals surface area contributed by atoms with Crippen LogP contribution in [0, 0.1) is 11.6 Å². The molecule has 1 fully saturated rings. The van der Waals surface area contributed by atoms with E-state index in [1.807, 2.05) is 0 Å². The van der Waals surface area contributed by atoms with Crippen LogP contribution in [0.1, 0.15) is 12.8 Å². The van der Waals surface area contributed by atoms with E-state index in [9.17, 15) is 8.78 Å². The van der Waals surface area contributed by atoms with Crippen molar-refractivity contribution in [3.63, 3.8) is 0 Å². The van der Waals surface area contributed by atoms with Crippen LogP contribution in [0.2, 0.25) is 0 Å². The number of nitrogen functional groups attached to an aromatic ring is 1. The molecule has 0 saturated carbocycles. The van der Waals surface area contributed by atoms with E-state index in [2.05, 4.69) is 5.32 Å². The quantitative estimate of drug-likeness (QED) is 0.637. The van der Waals surface area contributed by atoms with Gasteiger partial charge in [0.1, 0.15) is 0 Å². The highest BCUT2D eigenvalue weighted by atomic mass is 19.2. The van der Waals surface area contributed by atoms with Crippen LogP contribution < -0.4 is 11.1 Å². The number of aliphatic hydroxyl groups excluding tert-OH is 1. The SMILES string of the molecule is Nc1ccc(F)c(F)c1.OC[C@@H]1CCCN1. The molecular weight excluding hydrogens is 214 g/mol. The van der Waals surface area contributed by atoms with Crippen molar-refractivity contribution in [1.29, 1.82) is 0 Å². The van der Waals surface area contributed by atoms with Gasteiger partial charge in [0.05, 0.1) is 6.61 Å². The van der Waals surface area contributed by atoms with E-state index in [1.54, 1.807) is 0 Å². The second-order valence-electron chi connectivity index (χ2n) is 3.65. The number of nitrogens with two attached hydrogens (primary N) is 1. The summed E-state index contributed by atoms with van der Waals surface area (Å²) in [6.45, 7) is 1.39. The summed E-state index contributed by atoms with van der Waals surface area (Å²) in [4.78, 5) is 0. The lowest BCUT2D eigenvalue weighted by atomic mass is 10.2. The molecule has 2 rings (SSSR count). The number of hydrogen-bond acceptors (Lipinski definition) is 3. The second-order valence-corrected chi connectivity index (χ2v) is 3.65. The topological polar surface area (TPSA) is 58.3 Å². The minimum absolute atomic E-state index is 0.230. The van der Waals surface area contributed by atoms with Gasteiger partial charge in [0.2, 0.25) is 0 Å². The van der Waals surface area contributed by atoms with Crippen molar-refractivity contribution in [3.05, 3.63) is 29.8 Å². The lowest BCUT2D eigenvalue weighted by Crippen LogP contribution is -2.24. The first kappa shape index (κ1) is 12.9. The third-order valence-corrected chi connectivity index (χ3v) is 2.33. The molecule has 1 aromatic rings. The predicted octanol–water partition coefficient (Wildman–Crippen LogP) is 1.28. The van der Waals surface area contributed by atoms with E-state index in [4.69, 9.17) is 10.8 Å². The van der Waals surface area contributed by atoms with Crippen molar-refractivity contribution < 1.29 is 13.9 Å². The first-order chi connectivity index (χ1) is 7.63. The number of benzene rings is 1. The van der Waals surface area contributed by atoms with Crippen molar-refractivity contribution in [2.75, 3.05) is 18.9 Å². The molecule has 0 aromatic heterocycles. The first-order valence-corrected chi connectivity index (χ1v) is 5.18. The standard InChI is InChI=1S/C6H5F2N.C5H11NO/c7-5-2-1-4(9)3-6(5)8;7-4-5-2-1-3-6-5/h1-3H,9H2;5-7H,1-4H2/t;5-/m.0/s1. The number of halogens is 2. The Balaban J connectivity index is 0.000000165. The van der Waals surface area contributed by atoms with Gasteiger partial charge in [0, 0.05) is 11.7 Å². The zero-order valence-corrected chi connectivity index (χ0v) is 8.92. The molecule has 0 radical (unpaired) electrons. The smallest absolute Gasteiger partial charge is 0.160 e. The van der Waals surface area contributed by atoms with E-state index >= 15 is 0 Å². The molecule has 5 heteroatoms. The highest BCUT2D eigenvalue weighted by Gasteiger charge is 2.10. The third-order valence-electron chi connectivity index (χ3n) is 2.33. The van der Waals surface area contributed by atoms with Gasteiger partial charge >= 0.3 is 0 Å². The van der Waals surface area contributed by atoms with Crippen LogP contribution in [0.4, 0.5) is 14.5 Å². The summed E-state index contributed by atoms with van der Waals surface area (Å²) >= 11 is 0. The Morgan fingerprint density at radius 1 is 1.38 bits per heavy atom. The molecule has 1 aliphatic heterocycles. The Labute approximate surface area is 93.3 Å². The van der Waals surface area contributed by atoms with Crippen LogP contribution in [0.15, 0.2) is 18.2 Å². The maximum absolute atomic E-state index is 12.1. The molecule has 1 heterocycles.